The molecule has 1 fully saturated rings. The van der Waals surface area contributed by atoms with Gasteiger partial charge in [0, 0.05) is 0 Å². The number of methoxy groups -OCH3 is 1. The third-order valence-electron chi connectivity index (χ3n) is 2.63. The fraction of sp³-hybridized carbons (Fsp3) is 0.0714. The number of carboxylic acid groups (broad SMARTS) is 1. The molecule has 1 aliphatic rings. The van der Waals surface area contributed by atoms with Gasteiger partial charge in [0.15, 0.2) is 0 Å². The number of ether oxygens (including phenoxy) is 1. The maximum Gasteiger partial charge on any atom is 0.339 e. The number of amides is 2. The number of benzene rings is 1. The second-order valence-corrected chi connectivity index (χ2v) is 5.01. The minimum Gasteiger partial charge on any atom is -0.496 e. The molecule has 2 amide bonds. The molecule has 2 N–H and O–H groups in total. The van der Waals surface area contributed by atoms with Gasteiger partial charge in [0.1, 0.15) is 11.3 Å². The second kappa shape index (κ2) is 6.27. The summed E-state index contributed by atoms with van der Waals surface area (Å²) in [5, 5.41) is 10.8. The average Bonchev–Trinajstić information content (AvgIpc) is 2.77. The van der Waals surface area contributed by atoms with Crippen molar-refractivity contribution < 1.29 is 24.2 Å². The number of imide groups is 1. The Morgan fingerprint density at radius 3 is 2.71 bits per heavy atom. The third-order valence-corrected chi connectivity index (χ3v) is 3.46. The van der Waals surface area contributed by atoms with Gasteiger partial charge < -0.3 is 9.84 Å². The van der Waals surface area contributed by atoms with Crippen molar-refractivity contribution in [1.82, 2.24) is 5.32 Å². The van der Waals surface area contributed by atoms with Crippen LogP contribution in [-0.4, -0.2) is 29.3 Å². The lowest BCUT2D eigenvalue weighted by Gasteiger charge is -2.05. The summed E-state index contributed by atoms with van der Waals surface area (Å²) < 4.78 is 4.96. The largest absolute Gasteiger partial charge is 0.496 e. The fourth-order valence-corrected chi connectivity index (χ4v) is 2.31. The van der Waals surface area contributed by atoms with Gasteiger partial charge >= 0.3 is 5.97 Å². The van der Waals surface area contributed by atoms with Crippen LogP contribution in [0, 0.1) is 0 Å². The van der Waals surface area contributed by atoms with E-state index in [1.54, 1.807) is 24.3 Å². The molecule has 1 aliphatic heterocycles. The van der Waals surface area contributed by atoms with Crippen LogP contribution in [0.2, 0.25) is 0 Å². The Bertz CT molecular complexity index is 678. The number of rotatable bonds is 4. The molecule has 6 nitrogen and oxygen atoms in total. The number of carboxylic acids is 1. The van der Waals surface area contributed by atoms with Crippen LogP contribution in [0.3, 0.4) is 0 Å². The molecule has 1 aromatic carbocycles. The molecule has 0 spiro atoms. The Labute approximate surface area is 124 Å². The van der Waals surface area contributed by atoms with E-state index in [4.69, 9.17) is 9.84 Å². The van der Waals surface area contributed by atoms with Crippen molar-refractivity contribution in [2.24, 2.45) is 0 Å². The average molecular weight is 305 g/mol. The van der Waals surface area contributed by atoms with Gasteiger partial charge in [-0.2, -0.15) is 0 Å². The molecule has 0 aromatic heterocycles. The Balaban J connectivity index is 2.20. The van der Waals surface area contributed by atoms with Crippen molar-refractivity contribution in [3.63, 3.8) is 0 Å². The Hall–Kier alpha value is -2.54. The molecule has 2 rings (SSSR count). The van der Waals surface area contributed by atoms with Crippen molar-refractivity contribution >= 4 is 35.0 Å². The molecule has 0 radical (unpaired) electrons. The van der Waals surface area contributed by atoms with Crippen LogP contribution >= 0.6 is 11.8 Å². The number of carbonyl (C=O) groups excluding carboxylic acids is 2. The van der Waals surface area contributed by atoms with Crippen molar-refractivity contribution in [2.75, 3.05) is 7.11 Å². The zero-order chi connectivity index (χ0) is 15.4. The Morgan fingerprint density at radius 2 is 2.14 bits per heavy atom. The highest BCUT2D eigenvalue weighted by molar-refractivity contribution is 8.18. The van der Waals surface area contributed by atoms with E-state index in [1.165, 1.54) is 19.3 Å². The van der Waals surface area contributed by atoms with Gasteiger partial charge in [0.25, 0.3) is 11.1 Å². The van der Waals surface area contributed by atoms with Crippen molar-refractivity contribution in [3.05, 3.63) is 46.4 Å². The zero-order valence-electron chi connectivity index (χ0n) is 11.0. The molecule has 0 aliphatic carbocycles. The summed E-state index contributed by atoms with van der Waals surface area (Å²) in [5.74, 6) is -1.25. The number of nitrogens with one attached hydrogen (secondary N) is 1. The first-order valence-corrected chi connectivity index (χ1v) is 6.66. The van der Waals surface area contributed by atoms with Crippen molar-refractivity contribution in [1.29, 1.82) is 0 Å². The SMILES string of the molecule is COc1ccc(C=CC=C2SC(=O)NC2=O)cc1C(=O)O. The summed E-state index contributed by atoms with van der Waals surface area (Å²) in [6.07, 6.45) is 4.71. The maximum absolute atomic E-state index is 11.3. The topological polar surface area (TPSA) is 92.7 Å². The van der Waals surface area contributed by atoms with Gasteiger partial charge in [0.2, 0.25) is 0 Å². The van der Waals surface area contributed by atoms with Crippen LogP contribution in [0.15, 0.2) is 35.3 Å². The summed E-state index contributed by atoms with van der Waals surface area (Å²) in [6, 6.07) is 4.70. The molecule has 0 atom stereocenters. The Kier molecular flexibility index (Phi) is 4.44. The van der Waals surface area contributed by atoms with Gasteiger partial charge in [-0.15, -0.1) is 0 Å². The molecule has 0 saturated carbocycles. The predicted molar refractivity (Wildman–Crippen MR) is 78.2 cm³/mol. The van der Waals surface area contributed by atoms with Crippen LogP contribution in [0.25, 0.3) is 6.08 Å². The second-order valence-electron chi connectivity index (χ2n) is 4.00. The molecule has 1 heterocycles. The van der Waals surface area contributed by atoms with Crippen LogP contribution in [0.5, 0.6) is 5.75 Å². The molecule has 108 valence electrons. The van der Waals surface area contributed by atoms with E-state index in [-0.39, 0.29) is 11.3 Å². The molecule has 0 bridgehead atoms. The first kappa shape index (κ1) is 14.9. The number of allylic oxidation sites excluding steroid dienone is 2. The van der Waals surface area contributed by atoms with Gasteiger partial charge in [-0.25, -0.2) is 4.79 Å². The summed E-state index contributed by atoms with van der Waals surface area (Å²) >= 11 is 0.819. The first-order valence-electron chi connectivity index (χ1n) is 5.84. The molecular formula is C14H11NO5S. The lowest BCUT2D eigenvalue weighted by molar-refractivity contribution is -0.115. The van der Waals surface area contributed by atoms with E-state index in [2.05, 4.69) is 5.32 Å². The van der Waals surface area contributed by atoms with Gasteiger partial charge in [-0.05, 0) is 35.5 Å². The number of thioether (sulfide) groups is 1. The lowest BCUT2D eigenvalue weighted by Crippen LogP contribution is -2.17. The van der Waals surface area contributed by atoms with E-state index < -0.39 is 17.1 Å². The molecule has 7 heteroatoms. The summed E-state index contributed by atoms with van der Waals surface area (Å²) in [4.78, 5) is 33.7. The minimum absolute atomic E-state index is 0.0514. The lowest BCUT2D eigenvalue weighted by atomic mass is 10.1. The number of carbonyl (C=O) groups is 3. The van der Waals surface area contributed by atoms with Gasteiger partial charge in [0.05, 0.1) is 12.0 Å². The van der Waals surface area contributed by atoms with E-state index in [0.717, 1.165) is 11.8 Å². The van der Waals surface area contributed by atoms with E-state index in [0.29, 0.717) is 10.5 Å². The van der Waals surface area contributed by atoms with Gasteiger partial charge in [-0.3, -0.25) is 14.9 Å². The highest BCUT2D eigenvalue weighted by Gasteiger charge is 2.24. The summed E-state index contributed by atoms with van der Waals surface area (Å²) in [7, 11) is 1.40. The summed E-state index contributed by atoms with van der Waals surface area (Å²) in [5.41, 5.74) is 0.690. The van der Waals surface area contributed by atoms with Crippen LogP contribution < -0.4 is 10.1 Å². The normalized spacial score (nSPS) is 16.5. The minimum atomic E-state index is -1.09. The van der Waals surface area contributed by atoms with Crippen molar-refractivity contribution in [2.45, 2.75) is 0 Å². The number of aromatic carboxylic acids is 1. The fourth-order valence-electron chi connectivity index (χ4n) is 1.68. The summed E-state index contributed by atoms with van der Waals surface area (Å²) in [6.45, 7) is 0. The molecule has 21 heavy (non-hydrogen) atoms. The maximum atomic E-state index is 11.3. The highest BCUT2D eigenvalue weighted by Crippen LogP contribution is 2.24. The standard InChI is InChI=1S/C14H11NO5S/c1-20-10-6-5-8(7-9(10)13(17)18)3-2-4-11-12(16)15-14(19)21-11/h2-7H,1H3,(H,17,18)(H,15,16,19). The molecular weight excluding hydrogens is 294 g/mol. The molecule has 0 unspecified atom stereocenters. The Morgan fingerprint density at radius 1 is 1.38 bits per heavy atom. The number of hydrogen-bond acceptors (Lipinski definition) is 5. The van der Waals surface area contributed by atoms with E-state index >= 15 is 0 Å². The first-order chi connectivity index (χ1) is 10.0. The molecule has 1 saturated heterocycles. The molecule has 1 aromatic rings. The van der Waals surface area contributed by atoms with Crippen LogP contribution in [-0.2, 0) is 4.79 Å². The quantitative estimate of drug-likeness (QED) is 0.829. The van der Waals surface area contributed by atoms with E-state index in [9.17, 15) is 14.4 Å². The highest BCUT2D eigenvalue weighted by atomic mass is 32.2. The zero-order valence-corrected chi connectivity index (χ0v) is 11.8. The van der Waals surface area contributed by atoms with Crippen molar-refractivity contribution in [3.8, 4) is 5.75 Å². The van der Waals surface area contributed by atoms with Crippen LogP contribution in [0.1, 0.15) is 15.9 Å². The van der Waals surface area contributed by atoms with Crippen LogP contribution in [0.4, 0.5) is 4.79 Å². The smallest absolute Gasteiger partial charge is 0.339 e. The third kappa shape index (κ3) is 3.51. The predicted octanol–water partition coefficient (Wildman–Crippen LogP) is 2.27. The monoisotopic (exact) mass is 305 g/mol. The number of hydrogen-bond donors (Lipinski definition) is 2. The van der Waals surface area contributed by atoms with E-state index in [1.807, 2.05) is 0 Å². The van der Waals surface area contributed by atoms with Gasteiger partial charge in [-0.1, -0.05) is 18.2 Å².